The molecular formula is C17H24O4. The highest BCUT2D eigenvalue weighted by atomic mass is 16.5. The normalized spacial score (nSPS) is 26.5. The van der Waals surface area contributed by atoms with Crippen molar-refractivity contribution in [2.45, 2.75) is 50.4 Å². The number of rotatable bonds is 3. The van der Waals surface area contributed by atoms with Crippen LogP contribution >= 0.6 is 0 Å². The van der Waals surface area contributed by atoms with Crippen LogP contribution in [0.3, 0.4) is 0 Å². The van der Waals surface area contributed by atoms with Crippen molar-refractivity contribution in [1.29, 1.82) is 0 Å². The lowest BCUT2D eigenvalue weighted by atomic mass is 9.85. The van der Waals surface area contributed by atoms with Crippen LogP contribution in [0.4, 0.5) is 0 Å². The molecule has 2 heterocycles. The summed E-state index contributed by atoms with van der Waals surface area (Å²) >= 11 is 0. The van der Waals surface area contributed by atoms with Crippen LogP contribution in [0, 0.1) is 0 Å². The highest BCUT2D eigenvalue weighted by Gasteiger charge is 2.39. The lowest BCUT2D eigenvalue weighted by molar-refractivity contribution is -0.155. The van der Waals surface area contributed by atoms with E-state index in [0.717, 1.165) is 56.8 Å². The number of aliphatic hydroxyl groups excluding tert-OH is 1. The third-order valence-corrected chi connectivity index (χ3v) is 4.52. The molecule has 2 aliphatic rings. The quantitative estimate of drug-likeness (QED) is 0.930. The van der Waals surface area contributed by atoms with Crippen molar-refractivity contribution in [3.05, 3.63) is 29.8 Å². The highest BCUT2D eigenvalue weighted by Crippen LogP contribution is 2.35. The minimum Gasteiger partial charge on any atom is -0.490 e. The van der Waals surface area contributed by atoms with Gasteiger partial charge in [-0.15, -0.1) is 0 Å². The summed E-state index contributed by atoms with van der Waals surface area (Å²) in [5, 5.41) is 9.53. The topological polar surface area (TPSA) is 47.9 Å². The Morgan fingerprint density at radius 2 is 1.90 bits per heavy atom. The predicted molar refractivity (Wildman–Crippen MR) is 79.5 cm³/mol. The fraction of sp³-hybridized carbons (Fsp3) is 0.647. The van der Waals surface area contributed by atoms with Crippen molar-refractivity contribution in [2.75, 3.05) is 19.8 Å². The third kappa shape index (κ3) is 3.57. The summed E-state index contributed by atoms with van der Waals surface area (Å²) in [6.45, 7) is 4.10. The first kappa shape index (κ1) is 14.8. The van der Waals surface area contributed by atoms with Gasteiger partial charge in [-0.1, -0.05) is 12.1 Å². The summed E-state index contributed by atoms with van der Waals surface area (Å²) in [5.74, 6) is 0.869. The minimum atomic E-state index is -0.437. The van der Waals surface area contributed by atoms with Gasteiger partial charge in [0.2, 0.25) is 0 Å². The molecule has 2 fully saturated rings. The molecule has 2 atom stereocenters. The molecule has 1 N–H and O–H groups in total. The van der Waals surface area contributed by atoms with Crippen molar-refractivity contribution in [1.82, 2.24) is 0 Å². The summed E-state index contributed by atoms with van der Waals surface area (Å²) in [6, 6.07) is 7.72. The number of benzene rings is 1. The van der Waals surface area contributed by atoms with E-state index in [0.29, 0.717) is 0 Å². The maximum Gasteiger partial charge on any atom is 0.119 e. The van der Waals surface area contributed by atoms with Gasteiger partial charge in [-0.2, -0.15) is 0 Å². The van der Waals surface area contributed by atoms with Crippen molar-refractivity contribution in [3.63, 3.8) is 0 Å². The van der Waals surface area contributed by atoms with Crippen molar-refractivity contribution < 1.29 is 19.3 Å². The number of aliphatic hydroxyl groups is 1. The van der Waals surface area contributed by atoms with Gasteiger partial charge >= 0.3 is 0 Å². The molecule has 0 aliphatic carbocycles. The molecule has 2 saturated heterocycles. The van der Waals surface area contributed by atoms with E-state index in [2.05, 4.69) is 0 Å². The van der Waals surface area contributed by atoms with E-state index in [1.165, 1.54) is 0 Å². The Bertz CT molecular complexity index is 443. The lowest BCUT2D eigenvalue weighted by Gasteiger charge is -2.43. The van der Waals surface area contributed by atoms with Crippen LogP contribution in [0.25, 0.3) is 0 Å². The molecule has 1 aromatic carbocycles. The highest BCUT2D eigenvalue weighted by molar-refractivity contribution is 5.28. The van der Waals surface area contributed by atoms with Crippen molar-refractivity contribution in [2.24, 2.45) is 0 Å². The molecule has 0 amide bonds. The van der Waals surface area contributed by atoms with Crippen LogP contribution in [-0.2, 0) is 9.47 Å². The van der Waals surface area contributed by atoms with Crippen LogP contribution in [0.5, 0.6) is 5.75 Å². The second-order valence-electron chi connectivity index (χ2n) is 6.12. The molecule has 0 bridgehead atoms. The number of ether oxygens (including phenoxy) is 3. The smallest absolute Gasteiger partial charge is 0.119 e. The van der Waals surface area contributed by atoms with Crippen LogP contribution in [0.2, 0.25) is 0 Å². The summed E-state index contributed by atoms with van der Waals surface area (Å²) in [5.41, 5.74) is 0.871. The van der Waals surface area contributed by atoms with Crippen LogP contribution in [0.15, 0.2) is 24.3 Å². The van der Waals surface area contributed by atoms with E-state index in [4.69, 9.17) is 14.2 Å². The van der Waals surface area contributed by atoms with Gasteiger partial charge in [0, 0.05) is 26.1 Å². The van der Waals surface area contributed by atoms with Gasteiger partial charge in [-0.3, -0.25) is 0 Å². The summed E-state index contributed by atoms with van der Waals surface area (Å²) in [4.78, 5) is 0. The molecule has 4 heteroatoms. The van der Waals surface area contributed by atoms with E-state index >= 15 is 0 Å². The second kappa shape index (κ2) is 6.34. The molecule has 116 valence electrons. The molecule has 1 spiro atoms. The zero-order chi connectivity index (χ0) is 14.7. The van der Waals surface area contributed by atoms with E-state index in [1.807, 2.05) is 24.3 Å². The third-order valence-electron chi connectivity index (χ3n) is 4.52. The Balaban J connectivity index is 1.61. The lowest BCUT2D eigenvalue weighted by Crippen LogP contribution is -2.47. The number of hydrogen-bond acceptors (Lipinski definition) is 4. The Kier molecular flexibility index (Phi) is 4.48. The number of hydrogen-bond donors (Lipinski definition) is 1. The Labute approximate surface area is 126 Å². The van der Waals surface area contributed by atoms with Gasteiger partial charge in [0.1, 0.15) is 11.9 Å². The van der Waals surface area contributed by atoms with Crippen LogP contribution in [-0.4, -0.2) is 36.6 Å². The second-order valence-corrected chi connectivity index (χ2v) is 6.12. The molecule has 2 aliphatic heterocycles. The maximum atomic E-state index is 9.53. The van der Waals surface area contributed by atoms with E-state index in [-0.39, 0.29) is 11.7 Å². The first-order chi connectivity index (χ1) is 10.2. The zero-order valence-corrected chi connectivity index (χ0v) is 12.6. The molecule has 1 unspecified atom stereocenters. The van der Waals surface area contributed by atoms with Crippen molar-refractivity contribution >= 4 is 0 Å². The minimum absolute atomic E-state index is 0.0410. The summed E-state index contributed by atoms with van der Waals surface area (Å²) in [7, 11) is 0. The Morgan fingerprint density at radius 3 is 2.57 bits per heavy atom. The SMILES string of the molecule is C[C@H](O)c1ccc(OC2CCOC3(CCOCC3)C2)cc1. The van der Waals surface area contributed by atoms with E-state index < -0.39 is 6.10 Å². The zero-order valence-electron chi connectivity index (χ0n) is 12.6. The van der Waals surface area contributed by atoms with Gasteiger partial charge in [0.15, 0.2) is 0 Å². The first-order valence-corrected chi connectivity index (χ1v) is 7.83. The molecule has 21 heavy (non-hydrogen) atoms. The summed E-state index contributed by atoms with van der Waals surface area (Å²) < 4.78 is 17.6. The standard InChI is InChI=1S/C17H24O4/c1-13(18)14-2-4-15(5-3-14)21-16-6-9-20-17(12-16)7-10-19-11-8-17/h2-5,13,16,18H,6-12H2,1H3/t13-,16?/m0/s1. The van der Waals surface area contributed by atoms with E-state index in [9.17, 15) is 5.11 Å². The average Bonchev–Trinajstić information content (AvgIpc) is 2.49. The van der Waals surface area contributed by atoms with E-state index in [1.54, 1.807) is 6.92 Å². The molecule has 0 saturated carbocycles. The summed E-state index contributed by atoms with van der Waals surface area (Å²) in [6.07, 6.45) is 3.57. The fourth-order valence-corrected chi connectivity index (χ4v) is 3.19. The predicted octanol–water partition coefficient (Wildman–Crippen LogP) is 2.85. The van der Waals surface area contributed by atoms with Gasteiger partial charge in [0.05, 0.1) is 18.3 Å². The monoisotopic (exact) mass is 292 g/mol. The molecular weight excluding hydrogens is 268 g/mol. The van der Waals surface area contributed by atoms with Gasteiger partial charge < -0.3 is 19.3 Å². The average molecular weight is 292 g/mol. The van der Waals surface area contributed by atoms with Crippen LogP contribution < -0.4 is 4.74 Å². The molecule has 1 aromatic rings. The van der Waals surface area contributed by atoms with Crippen molar-refractivity contribution in [3.8, 4) is 5.75 Å². The van der Waals surface area contributed by atoms with Gasteiger partial charge in [-0.25, -0.2) is 0 Å². The Morgan fingerprint density at radius 1 is 1.19 bits per heavy atom. The molecule has 0 radical (unpaired) electrons. The first-order valence-electron chi connectivity index (χ1n) is 7.83. The van der Waals surface area contributed by atoms with Gasteiger partial charge in [0.25, 0.3) is 0 Å². The fourth-order valence-electron chi connectivity index (χ4n) is 3.19. The molecule has 3 rings (SSSR count). The maximum absolute atomic E-state index is 9.53. The Hall–Kier alpha value is -1.10. The van der Waals surface area contributed by atoms with Gasteiger partial charge in [-0.05, 0) is 37.5 Å². The molecule has 4 nitrogen and oxygen atoms in total. The van der Waals surface area contributed by atoms with Crippen LogP contribution in [0.1, 0.15) is 44.3 Å². The largest absolute Gasteiger partial charge is 0.490 e. The molecule has 0 aromatic heterocycles.